The molecule has 2 fully saturated rings. The first-order valence-corrected chi connectivity index (χ1v) is 9.50. The lowest BCUT2D eigenvalue weighted by Gasteiger charge is -2.39. The van der Waals surface area contributed by atoms with Crippen LogP contribution in [0.5, 0.6) is 5.75 Å². The molecule has 0 radical (unpaired) electrons. The Balaban J connectivity index is 1.38. The first-order valence-electron chi connectivity index (χ1n) is 9.50. The van der Waals surface area contributed by atoms with Crippen LogP contribution in [0.25, 0.3) is 0 Å². The van der Waals surface area contributed by atoms with Crippen molar-refractivity contribution in [3.8, 4) is 5.75 Å². The van der Waals surface area contributed by atoms with E-state index in [0.717, 1.165) is 50.0 Å². The summed E-state index contributed by atoms with van der Waals surface area (Å²) < 4.78 is 18.7. The van der Waals surface area contributed by atoms with Crippen molar-refractivity contribution < 1.29 is 13.9 Å². The summed E-state index contributed by atoms with van der Waals surface area (Å²) in [5, 5.41) is 3.29. The van der Waals surface area contributed by atoms with Gasteiger partial charge in [0, 0.05) is 25.2 Å². The monoisotopic (exact) mass is 368 g/mol. The molecule has 2 heterocycles. The van der Waals surface area contributed by atoms with Crippen LogP contribution in [0.4, 0.5) is 4.39 Å². The van der Waals surface area contributed by atoms with Crippen molar-refractivity contribution in [2.45, 2.75) is 37.3 Å². The normalized spacial score (nSPS) is 22.0. The minimum Gasteiger partial charge on any atom is -0.494 e. The summed E-state index contributed by atoms with van der Waals surface area (Å²) in [6, 6.07) is 15.1. The van der Waals surface area contributed by atoms with Crippen molar-refractivity contribution in [2.75, 3.05) is 20.2 Å². The predicted molar refractivity (Wildman–Crippen MR) is 102 cm³/mol. The van der Waals surface area contributed by atoms with E-state index in [0.29, 0.717) is 0 Å². The lowest BCUT2D eigenvalue weighted by molar-refractivity contribution is -0.121. The minimum atomic E-state index is -0.334. The molecule has 1 amide bonds. The summed E-state index contributed by atoms with van der Waals surface area (Å²) >= 11 is 0. The Labute approximate surface area is 159 Å². The molecule has 4 nitrogen and oxygen atoms in total. The highest BCUT2D eigenvalue weighted by atomic mass is 19.1. The Hall–Kier alpha value is -2.40. The minimum absolute atomic E-state index is 0.0425. The second-order valence-corrected chi connectivity index (χ2v) is 7.68. The average molecular weight is 368 g/mol. The maximum atomic E-state index is 13.6. The van der Waals surface area contributed by atoms with Crippen molar-refractivity contribution in [3.63, 3.8) is 0 Å². The van der Waals surface area contributed by atoms with Gasteiger partial charge in [-0.1, -0.05) is 36.4 Å². The number of rotatable bonds is 4. The molecule has 0 bridgehead atoms. The highest BCUT2D eigenvalue weighted by Crippen LogP contribution is 2.39. The molecule has 1 N–H and O–H groups in total. The largest absolute Gasteiger partial charge is 0.494 e. The smallest absolute Gasteiger partial charge is 0.228 e. The highest BCUT2D eigenvalue weighted by Gasteiger charge is 2.46. The molecule has 1 spiro atoms. The van der Waals surface area contributed by atoms with Gasteiger partial charge in [-0.2, -0.15) is 0 Å². The molecule has 1 atom stereocenters. The summed E-state index contributed by atoms with van der Waals surface area (Å²) in [6.07, 6.45) is 2.76. The zero-order valence-corrected chi connectivity index (χ0v) is 15.6. The van der Waals surface area contributed by atoms with Gasteiger partial charge in [0.05, 0.1) is 13.0 Å². The number of halogens is 1. The Morgan fingerprint density at radius 1 is 1.19 bits per heavy atom. The maximum Gasteiger partial charge on any atom is 0.228 e. The van der Waals surface area contributed by atoms with Crippen molar-refractivity contribution in [2.24, 2.45) is 0 Å². The van der Waals surface area contributed by atoms with Gasteiger partial charge in [0.25, 0.3) is 0 Å². The molecule has 2 saturated heterocycles. The predicted octanol–water partition coefficient (Wildman–Crippen LogP) is 3.47. The molecule has 2 aromatic carbocycles. The van der Waals surface area contributed by atoms with Gasteiger partial charge in [-0.25, -0.2) is 4.39 Å². The van der Waals surface area contributed by atoms with Crippen LogP contribution in [0.2, 0.25) is 0 Å². The van der Waals surface area contributed by atoms with E-state index in [4.69, 9.17) is 4.74 Å². The fraction of sp³-hybridized carbons (Fsp3) is 0.409. The zero-order chi connectivity index (χ0) is 18.9. The fourth-order valence-corrected chi connectivity index (χ4v) is 4.37. The van der Waals surface area contributed by atoms with Crippen LogP contribution in [0.15, 0.2) is 48.5 Å². The number of nitrogens with one attached hydrogen (secondary N) is 1. The van der Waals surface area contributed by atoms with Crippen molar-refractivity contribution in [3.05, 3.63) is 65.5 Å². The summed E-state index contributed by atoms with van der Waals surface area (Å²) in [5.41, 5.74) is 2.06. The first kappa shape index (κ1) is 18.0. The molecule has 27 heavy (non-hydrogen) atoms. The number of carbonyl (C=O) groups excluding carboxylic acids is 1. The second kappa shape index (κ2) is 7.31. The number of amides is 1. The molecule has 142 valence electrons. The van der Waals surface area contributed by atoms with E-state index in [1.807, 2.05) is 36.4 Å². The van der Waals surface area contributed by atoms with Gasteiger partial charge in [-0.3, -0.25) is 9.69 Å². The Morgan fingerprint density at radius 3 is 2.63 bits per heavy atom. The van der Waals surface area contributed by atoms with E-state index in [1.54, 1.807) is 6.07 Å². The molecule has 0 saturated carbocycles. The topological polar surface area (TPSA) is 41.6 Å². The quantitative estimate of drug-likeness (QED) is 0.898. The number of carbonyl (C=O) groups is 1. The number of piperidine rings is 1. The van der Waals surface area contributed by atoms with Crippen LogP contribution in [0.3, 0.4) is 0 Å². The third-order valence-electron chi connectivity index (χ3n) is 5.94. The summed E-state index contributed by atoms with van der Waals surface area (Å²) in [6.45, 7) is 2.60. The van der Waals surface area contributed by atoms with E-state index in [9.17, 15) is 9.18 Å². The Kier molecular flexibility index (Phi) is 4.87. The van der Waals surface area contributed by atoms with Crippen LogP contribution >= 0.6 is 0 Å². The Bertz CT molecular complexity index is 816. The van der Waals surface area contributed by atoms with Gasteiger partial charge in [0.1, 0.15) is 0 Å². The second-order valence-electron chi connectivity index (χ2n) is 7.68. The molecule has 0 aliphatic carbocycles. The number of methoxy groups -OCH3 is 1. The van der Waals surface area contributed by atoms with Crippen molar-refractivity contribution in [1.29, 1.82) is 0 Å². The molecule has 2 aliphatic rings. The van der Waals surface area contributed by atoms with Crippen LogP contribution in [0.1, 0.15) is 36.3 Å². The number of nitrogens with zero attached hydrogens (tertiary/aromatic N) is 1. The van der Waals surface area contributed by atoms with E-state index in [2.05, 4.69) is 10.2 Å². The summed E-state index contributed by atoms with van der Waals surface area (Å²) in [5.74, 6) is 0.0613. The van der Waals surface area contributed by atoms with Gasteiger partial charge in [0.15, 0.2) is 11.6 Å². The summed E-state index contributed by atoms with van der Waals surface area (Å²) in [7, 11) is 1.48. The number of likely N-dealkylation sites (tertiary alicyclic amines) is 1. The van der Waals surface area contributed by atoms with Crippen molar-refractivity contribution in [1.82, 2.24) is 10.2 Å². The van der Waals surface area contributed by atoms with E-state index < -0.39 is 0 Å². The lowest BCUT2D eigenvalue weighted by atomic mass is 9.82. The number of benzene rings is 2. The molecule has 4 rings (SSSR count). The highest BCUT2D eigenvalue weighted by molar-refractivity contribution is 5.87. The SMILES string of the molecule is COc1cc(CN2CCC3(CC2)CC(c2ccccc2)C(=O)N3)ccc1F. The number of hydrogen-bond donors (Lipinski definition) is 1. The summed E-state index contributed by atoms with van der Waals surface area (Å²) in [4.78, 5) is 14.9. The number of ether oxygens (including phenoxy) is 1. The molecule has 5 heteroatoms. The van der Waals surface area contributed by atoms with Gasteiger partial charge in [-0.05, 0) is 42.5 Å². The van der Waals surface area contributed by atoms with Gasteiger partial charge >= 0.3 is 0 Å². The van der Waals surface area contributed by atoms with Gasteiger partial charge in [-0.15, -0.1) is 0 Å². The lowest BCUT2D eigenvalue weighted by Crippen LogP contribution is -2.50. The van der Waals surface area contributed by atoms with Gasteiger partial charge in [0.2, 0.25) is 5.91 Å². The molecule has 2 aliphatic heterocycles. The fourth-order valence-electron chi connectivity index (χ4n) is 4.37. The third-order valence-corrected chi connectivity index (χ3v) is 5.94. The van der Waals surface area contributed by atoms with E-state index >= 15 is 0 Å². The molecule has 1 unspecified atom stereocenters. The maximum absolute atomic E-state index is 13.6. The van der Waals surface area contributed by atoms with Crippen LogP contribution in [0, 0.1) is 5.82 Å². The third kappa shape index (κ3) is 3.69. The zero-order valence-electron chi connectivity index (χ0n) is 15.6. The van der Waals surface area contributed by atoms with Crippen LogP contribution < -0.4 is 10.1 Å². The molecular weight excluding hydrogens is 343 g/mol. The van der Waals surface area contributed by atoms with Crippen LogP contribution in [-0.2, 0) is 11.3 Å². The van der Waals surface area contributed by atoms with E-state index in [-0.39, 0.29) is 28.9 Å². The van der Waals surface area contributed by atoms with Gasteiger partial charge < -0.3 is 10.1 Å². The van der Waals surface area contributed by atoms with E-state index in [1.165, 1.54) is 13.2 Å². The number of hydrogen-bond acceptors (Lipinski definition) is 3. The first-order chi connectivity index (χ1) is 13.1. The van der Waals surface area contributed by atoms with Crippen molar-refractivity contribution >= 4 is 5.91 Å². The standard InChI is InChI=1S/C22H25FN2O2/c1-27-20-13-16(7-8-19(20)23)15-25-11-9-22(10-12-25)14-18(21(26)24-22)17-5-3-2-4-6-17/h2-8,13,18H,9-12,14-15H2,1H3,(H,24,26). The van der Waals surface area contributed by atoms with Crippen LogP contribution in [-0.4, -0.2) is 36.5 Å². The molecule has 2 aromatic rings. The molecular formula is C22H25FN2O2. The molecule has 0 aromatic heterocycles. The average Bonchev–Trinajstić information content (AvgIpc) is 3.02. The Morgan fingerprint density at radius 2 is 1.93 bits per heavy atom.